The van der Waals surface area contributed by atoms with Crippen molar-refractivity contribution in [2.45, 2.75) is 0 Å². The van der Waals surface area contributed by atoms with Gasteiger partial charge in [-0.25, -0.2) is 4.39 Å². The molecule has 0 aliphatic heterocycles. The van der Waals surface area contributed by atoms with Crippen molar-refractivity contribution in [3.8, 4) is 0 Å². The van der Waals surface area contributed by atoms with Gasteiger partial charge >= 0.3 is 7.80 Å². The second-order valence-corrected chi connectivity index (χ2v) is 5.17. The van der Waals surface area contributed by atoms with Crippen molar-refractivity contribution < 1.29 is 13.9 Å². The maximum atomic E-state index is 12.7. The van der Waals surface area contributed by atoms with Crippen LogP contribution in [0.1, 0.15) is 0 Å². The van der Waals surface area contributed by atoms with Gasteiger partial charge in [-0.2, -0.15) is 0 Å². The van der Waals surface area contributed by atoms with Crippen LogP contribution >= 0.6 is 7.80 Å². The largest absolute Gasteiger partial charge is 0.415 e. The molecule has 1 atom stereocenters. The Hall–Kier alpha value is -2.13. The lowest BCUT2D eigenvalue weighted by Gasteiger charge is -1.91. The predicted octanol–water partition coefficient (Wildman–Crippen LogP) is 2.51. The van der Waals surface area contributed by atoms with E-state index in [9.17, 15) is 19.1 Å². The maximum Gasteiger partial charge on any atom is 0.415 e. The third-order valence-electron chi connectivity index (χ3n) is 2.34. The van der Waals surface area contributed by atoms with Gasteiger partial charge in [-0.05, 0) is 30.3 Å². The van der Waals surface area contributed by atoms with Gasteiger partial charge in [0, 0.05) is 6.07 Å². The fourth-order valence-electron chi connectivity index (χ4n) is 1.46. The van der Waals surface area contributed by atoms with E-state index in [4.69, 9.17) is 0 Å². The minimum absolute atomic E-state index is 0.113. The Morgan fingerprint density at radius 1 is 1.06 bits per heavy atom. The van der Waals surface area contributed by atoms with Gasteiger partial charge in [-0.1, -0.05) is 10.6 Å². The van der Waals surface area contributed by atoms with E-state index in [1.807, 2.05) is 0 Å². The fraction of sp³-hybridized carbons (Fsp3) is 0. The van der Waals surface area contributed by atoms with Gasteiger partial charge < -0.3 is 0 Å². The first-order chi connectivity index (χ1) is 8.58. The summed E-state index contributed by atoms with van der Waals surface area (Å²) < 4.78 is 24.9. The zero-order valence-corrected chi connectivity index (χ0v) is 10.0. The number of hydrogen-bond acceptors (Lipinski definition) is 3. The molecule has 0 radical (unpaired) electrons. The predicted molar refractivity (Wildman–Crippen MR) is 66.4 cm³/mol. The van der Waals surface area contributed by atoms with Crippen molar-refractivity contribution in [2.24, 2.45) is 0 Å². The Morgan fingerprint density at radius 2 is 1.72 bits per heavy atom. The molecule has 2 aromatic rings. The van der Waals surface area contributed by atoms with Crippen molar-refractivity contribution in [1.29, 1.82) is 0 Å². The van der Waals surface area contributed by atoms with Crippen molar-refractivity contribution in [2.75, 3.05) is 0 Å². The normalized spacial score (nSPS) is 11.1. The smallest absolute Gasteiger partial charge is 0.258 e. The molecular formula is C12H8FNO3P+. The van der Waals surface area contributed by atoms with Crippen LogP contribution in [-0.2, 0) is 4.57 Å². The lowest BCUT2D eigenvalue weighted by Crippen LogP contribution is -2.07. The molecule has 2 aromatic carbocycles. The Kier molecular flexibility index (Phi) is 3.44. The van der Waals surface area contributed by atoms with E-state index in [1.165, 1.54) is 42.5 Å². The maximum absolute atomic E-state index is 12.7. The van der Waals surface area contributed by atoms with E-state index in [0.717, 1.165) is 0 Å². The molecule has 0 saturated heterocycles. The van der Waals surface area contributed by atoms with Crippen LogP contribution in [0.3, 0.4) is 0 Å². The van der Waals surface area contributed by atoms with Crippen molar-refractivity contribution in [3.05, 3.63) is 64.5 Å². The number of rotatable bonds is 3. The molecule has 1 unspecified atom stereocenters. The average molecular weight is 264 g/mol. The van der Waals surface area contributed by atoms with Crippen LogP contribution in [0.2, 0.25) is 0 Å². The molecule has 0 aliphatic rings. The molecule has 0 aromatic heterocycles. The molecule has 2 rings (SSSR count). The van der Waals surface area contributed by atoms with E-state index in [0.29, 0.717) is 10.6 Å². The van der Waals surface area contributed by atoms with Crippen LogP contribution in [0, 0.1) is 15.9 Å². The summed E-state index contributed by atoms with van der Waals surface area (Å²) in [5.74, 6) is -0.416. The summed E-state index contributed by atoms with van der Waals surface area (Å²) in [5.41, 5.74) is -0.113. The van der Waals surface area contributed by atoms with E-state index >= 15 is 0 Å². The van der Waals surface area contributed by atoms with Crippen LogP contribution in [0.25, 0.3) is 0 Å². The topological polar surface area (TPSA) is 60.2 Å². The molecule has 4 nitrogen and oxygen atoms in total. The van der Waals surface area contributed by atoms with E-state index in [-0.39, 0.29) is 5.69 Å². The third kappa shape index (κ3) is 2.57. The highest BCUT2D eigenvalue weighted by Gasteiger charge is 2.25. The minimum atomic E-state index is -1.95. The molecule has 0 bridgehead atoms. The molecule has 0 spiro atoms. The number of nitro groups is 1. The lowest BCUT2D eigenvalue weighted by molar-refractivity contribution is -0.384. The van der Waals surface area contributed by atoms with Crippen LogP contribution in [-0.4, -0.2) is 4.92 Å². The Morgan fingerprint density at radius 3 is 2.33 bits per heavy atom. The molecule has 18 heavy (non-hydrogen) atoms. The fourth-order valence-corrected chi connectivity index (χ4v) is 2.65. The zero-order chi connectivity index (χ0) is 13.1. The molecule has 0 saturated carbocycles. The highest BCUT2D eigenvalue weighted by atomic mass is 31.1. The molecule has 90 valence electrons. The van der Waals surface area contributed by atoms with Crippen LogP contribution in [0.15, 0.2) is 48.5 Å². The molecule has 0 N–H and O–H groups in total. The van der Waals surface area contributed by atoms with Gasteiger partial charge in [-0.15, -0.1) is 0 Å². The van der Waals surface area contributed by atoms with Gasteiger partial charge in [0.05, 0.1) is 11.0 Å². The SMILES string of the molecule is O=[N+]([O-])c1cccc([P+](=O)c2ccc(F)cc2)c1. The molecule has 0 heterocycles. The minimum Gasteiger partial charge on any atom is -0.258 e. The Labute approximate surface area is 103 Å². The summed E-state index contributed by atoms with van der Waals surface area (Å²) in [4.78, 5) is 10.1. The van der Waals surface area contributed by atoms with Crippen LogP contribution < -0.4 is 10.6 Å². The zero-order valence-electron chi connectivity index (χ0n) is 9.12. The second-order valence-electron chi connectivity index (χ2n) is 3.55. The van der Waals surface area contributed by atoms with Crippen LogP contribution in [0.5, 0.6) is 0 Å². The average Bonchev–Trinajstić information content (AvgIpc) is 2.39. The van der Waals surface area contributed by atoms with Gasteiger partial charge in [0.2, 0.25) is 5.30 Å². The van der Waals surface area contributed by atoms with E-state index in [2.05, 4.69) is 0 Å². The lowest BCUT2D eigenvalue weighted by atomic mass is 10.3. The standard InChI is InChI=1S/C12H8FNO3P/c13-9-4-6-11(7-5-9)18(17)12-3-1-2-10(8-12)14(15)16/h1-8H/q+1. The quantitative estimate of drug-likeness (QED) is 0.486. The Balaban J connectivity index is 2.37. The first-order valence-electron chi connectivity index (χ1n) is 5.05. The molecule has 6 heteroatoms. The van der Waals surface area contributed by atoms with Crippen molar-refractivity contribution in [3.63, 3.8) is 0 Å². The second kappa shape index (κ2) is 5.02. The van der Waals surface area contributed by atoms with Crippen molar-refractivity contribution in [1.82, 2.24) is 0 Å². The summed E-state index contributed by atoms with van der Waals surface area (Å²) >= 11 is 0. The van der Waals surface area contributed by atoms with Crippen molar-refractivity contribution >= 4 is 24.1 Å². The van der Waals surface area contributed by atoms with Gasteiger partial charge in [0.1, 0.15) is 5.82 Å². The Bertz CT molecular complexity index is 613. The number of hydrogen-bond donors (Lipinski definition) is 0. The molecule has 0 amide bonds. The van der Waals surface area contributed by atoms with Gasteiger partial charge in [-0.3, -0.25) is 10.1 Å². The summed E-state index contributed by atoms with van der Waals surface area (Å²) in [5, 5.41) is 11.4. The number of nitro benzene ring substituents is 1. The monoisotopic (exact) mass is 264 g/mol. The number of benzene rings is 2. The molecule has 0 fully saturated rings. The number of nitrogens with zero attached hydrogens (tertiary/aromatic N) is 1. The van der Waals surface area contributed by atoms with E-state index in [1.54, 1.807) is 6.07 Å². The molecular weight excluding hydrogens is 256 g/mol. The molecule has 0 aliphatic carbocycles. The van der Waals surface area contributed by atoms with Gasteiger partial charge in [0.25, 0.3) is 5.69 Å². The van der Waals surface area contributed by atoms with Gasteiger partial charge in [0.15, 0.2) is 5.30 Å². The highest BCUT2D eigenvalue weighted by molar-refractivity contribution is 7.61. The van der Waals surface area contributed by atoms with E-state index < -0.39 is 18.5 Å². The number of non-ortho nitro benzene ring substituents is 1. The van der Waals surface area contributed by atoms with Crippen LogP contribution in [0.4, 0.5) is 10.1 Å². The summed E-state index contributed by atoms with van der Waals surface area (Å²) in [6.07, 6.45) is 0. The summed E-state index contributed by atoms with van der Waals surface area (Å²) in [6, 6.07) is 10.9. The third-order valence-corrected chi connectivity index (χ3v) is 3.85. The summed E-state index contributed by atoms with van der Waals surface area (Å²) in [6.45, 7) is 0. The first-order valence-corrected chi connectivity index (χ1v) is 6.31. The number of halogens is 1. The highest BCUT2D eigenvalue weighted by Crippen LogP contribution is 2.22. The first kappa shape index (κ1) is 12.3. The summed E-state index contributed by atoms with van der Waals surface area (Å²) in [7, 11) is -1.95.